The number of halogens is 3. The molecule has 1 atom stereocenters. The van der Waals surface area contributed by atoms with Crippen molar-refractivity contribution in [1.82, 2.24) is 4.98 Å². The third kappa shape index (κ3) is 4.91. The number of pyridine rings is 1. The molecule has 0 saturated carbocycles. The number of ether oxygens (including phenoxy) is 1. The van der Waals surface area contributed by atoms with Gasteiger partial charge >= 0.3 is 5.97 Å². The number of phenolic OH excluding ortho intramolecular Hbond substituents is 1. The largest absolute Gasteiger partial charge is 0.508 e. The molecule has 0 radical (unpaired) electrons. The van der Waals surface area contributed by atoms with Gasteiger partial charge in [0.2, 0.25) is 5.95 Å². The first kappa shape index (κ1) is 21.0. The molecule has 0 fully saturated rings. The van der Waals surface area contributed by atoms with Crippen LogP contribution in [-0.2, 0) is 4.79 Å². The molecule has 0 aliphatic heterocycles. The standard InChI is InChI=1S/C17H17Cl2FN2O5/c1-7(2)9-5-8(3-4-10(9)23)27-14-12(18)15(20)22-16(13(14)19)21-6-11(24)17(25)26/h3-5,7,11,23-24H,6H2,1-2H3,(H,21,22)(H,25,26). The minimum Gasteiger partial charge on any atom is -0.508 e. The summed E-state index contributed by atoms with van der Waals surface area (Å²) >= 11 is 12.1. The maximum atomic E-state index is 14.0. The van der Waals surface area contributed by atoms with E-state index in [0.717, 1.165) is 0 Å². The van der Waals surface area contributed by atoms with E-state index >= 15 is 0 Å². The van der Waals surface area contributed by atoms with Crippen LogP contribution in [0.25, 0.3) is 0 Å². The number of benzene rings is 1. The van der Waals surface area contributed by atoms with Gasteiger partial charge in [0.15, 0.2) is 17.7 Å². The molecule has 0 spiro atoms. The lowest BCUT2D eigenvalue weighted by molar-refractivity contribution is -0.145. The Morgan fingerprint density at radius 2 is 2.00 bits per heavy atom. The number of hydrogen-bond donors (Lipinski definition) is 4. The van der Waals surface area contributed by atoms with Crippen LogP contribution in [0.1, 0.15) is 25.3 Å². The van der Waals surface area contributed by atoms with Crippen molar-refractivity contribution in [2.75, 3.05) is 11.9 Å². The molecule has 0 amide bonds. The van der Waals surface area contributed by atoms with E-state index in [9.17, 15) is 19.4 Å². The van der Waals surface area contributed by atoms with Gasteiger partial charge in [-0.3, -0.25) is 0 Å². The summed E-state index contributed by atoms with van der Waals surface area (Å²) in [6.45, 7) is 3.29. The fraction of sp³-hybridized carbons (Fsp3) is 0.294. The molecule has 4 N–H and O–H groups in total. The first-order valence-corrected chi connectivity index (χ1v) is 8.57. The van der Waals surface area contributed by atoms with E-state index in [4.69, 9.17) is 33.0 Å². The average Bonchev–Trinajstić information content (AvgIpc) is 2.61. The molecule has 10 heteroatoms. The molecule has 0 bridgehead atoms. The van der Waals surface area contributed by atoms with Gasteiger partial charge in [-0.1, -0.05) is 37.0 Å². The molecular formula is C17H17Cl2FN2O5. The summed E-state index contributed by atoms with van der Waals surface area (Å²) in [5.74, 6) is -2.69. The van der Waals surface area contributed by atoms with Crippen LogP contribution in [0.3, 0.4) is 0 Å². The second-order valence-electron chi connectivity index (χ2n) is 5.92. The number of carboxylic acids is 1. The van der Waals surface area contributed by atoms with E-state index < -0.39 is 29.6 Å². The van der Waals surface area contributed by atoms with Gasteiger partial charge in [0.1, 0.15) is 21.5 Å². The van der Waals surface area contributed by atoms with Gasteiger partial charge < -0.3 is 25.4 Å². The number of aliphatic carboxylic acids is 1. The van der Waals surface area contributed by atoms with Crippen molar-refractivity contribution in [3.05, 3.63) is 39.8 Å². The molecule has 1 aromatic carbocycles. The topological polar surface area (TPSA) is 112 Å². The van der Waals surface area contributed by atoms with Crippen molar-refractivity contribution in [2.45, 2.75) is 25.9 Å². The van der Waals surface area contributed by atoms with Crippen LogP contribution in [0, 0.1) is 5.95 Å². The molecule has 7 nitrogen and oxygen atoms in total. The summed E-state index contributed by atoms with van der Waals surface area (Å²) < 4.78 is 19.6. The number of carboxylic acid groups (broad SMARTS) is 1. The first-order chi connectivity index (χ1) is 12.6. The number of aliphatic hydroxyl groups excluding tert-OH is 1. The number of nitrogens with zero attached hydrogens (tertiary/aromatic N) is 1. The Labute approximate surface area is 164 Å². The van der Waals surface area contributed by atoms with Gasteiger partial charge in [0.05, 0.1) is 6.54 Å². The zero-order valence-corrected chi connectivity index (χ0v) is 15.8. The van der Waals surface area contributed by atoms with Crippen molar-refractivity contribution in [3.8, 4) is 17.2 Å². The SMILES string of the molecule is CC(C)c1cc(Oc2c(Cl)c(F)nc(NCC(O)C(=O)O)c2Cl)ccc1O. The number of anilines is 1. The number of hydrogen-bond acceptors (Lipinski definition) is 6. The number of aromatic hydroxyl groups is 1. The number of rotatable bonds is 7. The second-order valence-corrected chi connectivity index (χ2v) is 6.68. The third-order valence-electron chi connectivity index (χ3n) is 3.59. The predicted octanol–water partition coefficient (Wildman–Crippen LogP) is 4.01. The minimum atomic E-state index is -1.74. The highest BCUT2D eigenvalue weighted by molar-refractivity contribution is 6.38. The minimum absolute atomic E-state index is 0.00315. The van der Waals surface area contributed by atoms with Crippen LogP contribution in [0.4, 0.5) is 10.2 Å². The van der Waals surface area contributed by atoms with Crippen molar-refractivity contribution in [2.24, 2.45) is 0 Å². The smallest absolute Gasteiger partial charge is 0.334 e. The van der Waals surface area contributed by atoms with E-state index in [-0.39, 0.29) is 34.0 Å². The van der Waals surface area contributed by atoms with Gasteiger partial charge in [-0.2, -0.15) is 9.37 Å². The molecule has 1 unspecified atom stereocenters. The number of nitrogens with one attached hydrogen (secondary N) is 1. The fourth-order valence-corrected chi connectivity index (χ4v) is 2.62. The van der Waals surface area contributed by atoms with Crippen LogP contribution in [0.15, 0.2) is 18.2 Å². The molecule has 2 rings (SSSR count). The Bertz CT molecular complexity index is 864. The molecule has 0 aliphatic rings. The van der Waals surface area contributed by atoms with Gasteiger partial charge in [-0.25, -0.2) is 4.79 Å². The molecule has 1 aromatic heterocycles. The highest BCUT2D eigenvalue weighted by Crippen LogP contribution is 2.42. The van der Waals surface area contributed by atoms with Gasteiger partial charge in [-0.05, 0) is 24.1 Å². The number of phenols is 1. The maximum absolute atomic E-state index is 14.0. The molecule has 27 heavy (non-hydrogen) atoms. The predicted molar refractivity (Wildman–Crippen MR) is 98.6 cm³/mol. The Kier molecular flexibility index (Phi) is 6.69. The summed E-state index contributed by atoms with van der Waals surface area (Å²) in [7, 11) is 0. The van der Waals surface area contributed by atoms with Gasteiger partial charge in [-0.15, -0.1) is 0 Å². The van der Waals surface area contributed by atoms with E-state index in [1.807, 2.05) is 13.8 Å². The quantitative estimate of drug-likeness (QED) is 0.502. The lowest BCUT2D eigenvalue weighted by Gasteiger charge is -2.16. The lowest BCUT2D eigenvalue weighted by atomic mass is 10.0. The first-order valence-electron chi connectivity index (χ1n) is 7.81. The normalized spacial score (nSPS) is 12.1. The lowest BCUT2D eigenvalue weighted by Crippen LogP contribution is -2.28. The zero-order chi connectivity index (χ0) is 20.3. The molecule has 2 aromatic rings. The summed E-state index contributed by atoms with van der Waals surface area (Å²) in [4.78, 5) is 14.2. The van der Waals surface area contributed by atoms with Gasteiger partial charge in [0.25, 0.3) is 0 Å². The number of aliphatic hydroxyl groups is 1. The molecule has 0 aliphatic carbocycles. The Hall–Kier alpha value is -2.29. The molecular weight excluding hydrogens is 402 g/mol. The van der Waals surface area contributed by atoms with E-state index in [0.29, 0.717) is 5.56 Å². The average molecular weight is 419 g/mol. The molecule has 1 heterocycles. The van der Waals surface area contributed by atoms with E-state index in [1.165, 1.54) is 12.1 Å². The van der Waals surface area contributed by atoms with Crippen LogP contribution in [-0.4, -0.2) is 38.9 Å². The van der Waals surface area contributed by atoms with Crippen molar-refractivity contribution in [1.29, 1.82) is 0 Å². The van der Waals surface area contributed by atoms with Gasteiger partial charge in [0, 0.05) is 5.56 Å². The maximum Gasteiger partial charge on any atom is 0.334 e. The summed E-state index contributed by atoms with van der Waals surface area (Å²) in [5.41, 5.74) is 0.609. The molecule has 0 saturated heterocycles. The van der Waals surface area contributed by atoms with Crippen molar-refractivity contribution >= 4 is 35.0 Å². The Balaban J connectivity index is 2.36. The van der Waals surface area contributed by atoms with Crippen molar-refractivity contribution in [3.63, 3.8) is 0 Å². The number of carbonyl (C=O) groups is 1. The van der Waals surface area contributed by atoms with Crippen LogP contribution < -0.4 is 10.1 Å². The van der Waals surface area contributed by atoms with E-state index in [2.05, 4.69) is 10.3 Å². The van der Waals surface area contributed by atoms with Crippen LogP contribution >= 0.6 is 23.2 Å². The fourth-order valence-electron chi connectivity index (χ4n) is 2.16. The number of aromatic nitrogens is 1. The highest BCUT2D eigenvalue weighted by atomic mass is 35.5. The second kappa shape index (κ2) is 8.60. The Morgan fingerprint density at radius 3 is 2.59 bits per heavy atom. The summed E-state index contributed by atoms with van der Waals surface area (Å²) in [5, 5.41) is 29.6. The van der Waals surface area contributed by atoms with E-state index in [1.54, 1.807) is 6.07 Å². The monoisotopic (exact) mass is 418 g/mol. The zero-order valence-electron chi connectivity index (χ0n) is 14.3. The van der Waals surface area contributed by atoms with Crippen molar-refractivity contribution < 1.29 is 29.2 Å². The molecule has 146 valence electrons. The highest BCUT2D eigenvalue weighted by Gasteiger charge is 2.22. The third-order valence-corrected chi connectivity index (χ3v) is 4.26. The Morgan fingerprint density at radius 1 is 1.33 bits per heavy atom. The van der Waals surface area contributed by atoms with Crippen LogP contribution in [0.5, 0.6) is 17.2 Å². The summed E-state index contributed by atoms with van der Waals surface area (Å²) in [6.07, 6.45) is -1.74. The summed E-state index contributed by atoms with van der Waals surface area (Å²) in [6, 6.07) is 4.44. The van der Waals surface area contributed by atoms with Crippen LogP contribution in [0.2, 0.25) is 10.0 Å².